The van der Waals surface area contributed by atoms with Gasteiger partial charge in [0.15, 0.2) is 12.4 Å². The summed E-state index contributed by atoms with van der Waals surface area (Å²) in [5.74, 6) is 0.497. The van der Waals surface area contributed by atoms with Crippen LogP contribution in [-0.2, 0) is 8.57 Å². The molecule has 1 aliphatic heterocycles. The van der Waals surface area contributed by atoms with Crippen LogP contribution in [0.2, 0.25) is 0 Å². The highest BCUT2D eigenvalue weighted by Crippen LogP contribution is 2.30. The third kappa shape index (κ3) is 3.35. The lowest BCUT2D eigenvalue weighted by atomic mass is 9.99. The van der Waals surface area contributed by atoms with E-state index in [1.165, 1.54) is 0 Å². The van der Waals surface area contributed by atoms with Crippen LogP contribution in [0.15, 0.2) is 42.5 Å². The normalized spacial score (nSPS) is 31.2. The number of rotatable bonds is 4. The Balaban J connectivity index is 1.84. The number of hydrogen-bond donors (Lipinski definition) is 3. The second-order valence-electron chi connectivity index (χ2n) is 5.38. The fourth-order valence-corrected chi connectivity index (χ4v) is 2.95. The zero-order chi connectivity index (χ0) is 16.4. The molecule has 2 aromatic rings. The van der Waals surface area contributed by atoms with Gasteiger partial charge in [0.25, 0.3) is 0 Å². The number of aliphatic hydroxyl groups excluding tert-OH is 3. The fourth-order valence-electron chi connectivity index (χ4n) is 2.69. The number of hydrogen-bond acceptors (Lipinski definition) is 6. The molecule has 2 aromatic carbocycles. The molecule has 6 nitrogen and oxygen atoms in total. The number of fused-ring (bicyclic) bond motifs is 1. The van der Waals surface area contributed by atoms with Gasteiger partial charge in [-0.3, -0.25) is 0 Å². The van der Waals surface area contributed by atoms with Crippen molar-refractivity contribution in [2.24, 2.45) is 0 Å². The molecule has 1 heterocycles. The SMILES string of the molecule is OC1O[C@H](COBr)[C@@H](O)[C@H](O)[C@H]1Oc1cccc2ccccc12. The maximum Gasteiger partial charge on any atom is 0.195 e. The molecule has 3 rings (SSSR count). The van der Waals surface area contributed by atoms with Crippen molar-refractivity contribution in [3.8, 4) is 5.75 Å². The van der Waals surface area contributed by atoms with Crippen LogP contribution in [0.5, 0.6) is 5.75 Å². The van der Waals surface area contributed by atoms with Crippen LogP contribution in [0, 0.1) is 0 Å². The summed E-state index contributed by atoms with van der Waals surface area (Å²) in [5, 5.41) is 32.2. The Morgan fingerprint density at radius 2 is 1.74 bits per heavy atom. The molecular weight excluding hydrogens is 368 g/mol. The molecule has 1 fully saturated rings. The zero-order valence-electron chi connectivity index (χ0n) is 12.1. The van der Waals surface area contributed by atoms with Crippen LogP contribution in [0.4, 0.5) is 0 Å². The maximum absolute atomic E-state index is 10.3. The molecule has 1 saturated heterocycles. The van der Waals surface area contributed by atoms with Gasteiger partial charge in [0.05, 0.1) is 22.9 Å². The smallest absolute Gasteiger partial charge is 0.195 e. The summed E-state index contributed by atoms with van der Waals surface area (Å²) >= 11 is 2.76. The Labute approximate surface area is 141 Å². The van der Waals surface area contributed by atoms with Gasteiger partial charge < -0.3 is 28.6 Å². The van der Waals surface area contributed by atoms with Crippen molar-refractivity contribution < 1.29 is 28.6 Å². The Bertz CT molecular complexity index is 661. The van der Waals surface area contributed by atoms with Crippen LogP contribution in [0.1, 0.15) is 0 Å². The van der Waals surface area contributed by atoms with Crippen molar-refractivity contribution in [2.45, 2.75) is 30.7 Å². The molecule has 1 unspecified atom stereocenters. The molecule has 0 bridgehead atoms. The molecule has 0 radical (unpaired) electrons. The van der Waals surface area contributed by atoms with E-state index in [9.17, 15) is 15.3 Å². The highest BCUT2D eigenvalue weighted by molar-refractivity contribution is 9.06. The lowest BCUT2D eigenvalue weighted by molar-refractivity contribution is -0.278. The van der Waals surface area contributed by atoms with Gasteiger partial charge in [-0.1, -0.05) is 36.4 Å². The van der Waals surface area contributed by atoms with Crippen molar-refractivity contribution in [1.29, 1.82) is 0 Å². The van der Waals surface area contributed by atoms with E-state index in [1.807, 2.05) is 36.4 Å². The second kappa shape index (κ2) is 7.12. The van der Waals surface area contributed by atoms with Crippen molar-refractivity contribution in [3.05, 3.63) is 42.5 Å². The molecular formula is C16H17BrO6. The van der Waals surface area contributed by atoms with Gasteiger partial charge in [-0.05, 0) is 11.5 Å². The largest absolute Gasteiger partial charge is 0.482 e. The summed E-state index contributed by atoms with van der Waals surface area (Å²) in [6, 6.07) is 13.1. The molecule has 124 valence electrons. The zero-order valence-corrected chi connectivity index (χ0v) is 13.7. The molecule has 1 aliphatic rings. The van der Waals surface area contributed by atoms with Crippen molar-refractivity contribution in [3.63, 3.8) is 0 Å². The van der Waals surface area contributed by atoms with Crippen LogP contribution in [-0.4, -0.2) is 52.6 Å². The van der Waals surface area contributed by atoms with E-state index in [2.05, 4.69) is 16.3 Å². The Morgan fingerprint density at radius 1 is 1.00 bits per heavy atom. The average Bonchev–Trinajstić information content (AvgIpc) is 2.56. The molecule has 7 heteroatoms. The molecule has 0 aromatic heterocycles. The number of ether oxygens (including phenoxy) is 2. The number of aliphatic hydroxyl groups is 3. The van der Waals surface area contributed by atoms with E-state index in [1.54, 1.807) is 6.07 Å². The molecule has 23 heavy (non-hydrogen) atoms. The minimum Gasteiger partial charge on any atom is -0.482 e. The Hall–Kier alpha value is -1.22. The predicted octanol–water partition coefficient (Wildman–Crippen LogP) is 1.35. The molecule has 0 amide bonds. The fraction of sp³-hybridized carbons (Fsp3) is 0.375. The van der Waals surface area contributed by atoms with Gasteiger partial charge in [0, 0.05) is 5.39 Å². The first-order valence-electron chi connectivity index (χ1n) is 7.19. The van der Waals surface area contributed by atoms with Crippen LogP contribution >= 0.6 is 16.3 Å². The van der Waals surface area contributed by atoms with E-state index in [0.29, 0.717) is 5.75 Å². The topological polar surface area (TPSA) is 88.4 Å². The van der Waals surface area contributed by atoms with Crippen LogP contribution in [0.25, 0.3) is 10.8 Å². The monoisotopic (exact) mass is 384 g/mol. The van der Waals surface area contributed by atoms with Crippen LogP contribution in [0.3, 0.4) is 0 Å². The third-order valence-electron chi connectivity index (χ3n) is 3.90. The first kappa shape index (κ1) is 16.6. The second-order valence-corrected chi connectivity index (χ2v) is 5.84. The quantitative estimate of drug-likeness (QED) is 0.737. The van der Waals surface area contributed by atoms with Gasteiger partial charge in [0.1, 0.15) is 24.1 Å². The summed E-state index contributed by atoms with van der Waals surface area (Å²) in [6.07, 6.45) is -5.91. The van der Waals surface area contributed by atoms with E-state index in [0.717, 1.165) is 10.8 Å². The van der Waals surface area contributed by atoms with Gasteiger partial charge in [-0.2, -0.15) is 0 Å². The first-order chi connectivity index (χ1) is 11.1. The summed E-state index contributed by atoms with van der Waals surface area (Å²) in [6.45, 7) is -0.0176. The van der Waals surface area contributed by atoms with E-state index in [4.69, 9.17) is 13.3 Å². The summed E-state index contributed by atoms with van der Waals surface area (Å²) in [4.78, 5) is 0. The minimum atomic E-state index is -1.39. The van der Waals surface area contributed by atoms with Crippen molar-refractivity contribution >= 4 is 27.0 Å². The lowest BCUT2D eigenvalue weighted by Crippen LogP contribution is -2.60. The van der Waals surface area contributed by atoms with Crippen molar-refractivity contribution in [2.75, 3.05) is 6.61 Å². The van der Waals surface area contributed by atoms with Gasteiger partial charge >= 0.3 is 0 Å². The van der Waals surface area contributed by atoms with Gasteiger partial charge in [-0.25, -0.2) is 0 Å². The Morgan fingerprint density at radius 3 is 2.52 bits per heavy atom. The highest BCUT2D eigenvalue weighted by Gasteiger charge is 2.45. The standard InChI is InChI=1S/C16H17BrO6/c17-21-8-12-13(18)14(19)15(16(20)23-12)22-11-7-3-5-9-4-1-2-6-10(9)11/h1-7,12-16,18-20H,8H2/t12-,13-,14+,15-,16?/m1/s1. The molecule has 5 atom stereocenters. The van der Waals surface area contributed by atoms with E-state index < -0.39 is 30.7 Å². The molecule has 0 spiro atoms. The maximum atomic E-state index is 10.3. The summed E-state index contributed by atoms with van der Waals surface area (Å²) in [7, 11) is 0. The summed E-state index contributed by atoms with van der Waals surface area (Å²) < 4.78 is 15.7. The molecule has 0 saturated carbocycles. The third-order valence-corrected chi connectivity index (χ3v) is 4.17. The van der Waals surface area contributed by atoms with Crippen LogP contribution < -0.4 is 4.74 Å². The molecule has 0 aliphatic carbocycles. The first-order valence-corrected chi connectivity index (χ1v) is 7.84. The number of benzene rings is 2. The lowest BCUT2D eigenvalue weighted by Gasteiger charge is -2.40. The van der Waals surface area contributed by atoms with E-state index in [-0.39, 0.29) is 6.61 Å². The number of halogens is 1. The predicted molar refractivity (Wildman–Crippen MR) is 86.1 cm³/mol. The van der Waals surface area contributed by atoms with Crippen molar-refractivity contribution in [1.82, 2.24) is 0 Å². The highest BCUT2D eigenvalue weighted by atomic mass is 79.9. The van der Waals surface area contributed by atoms with Gasteiger partial charge in [-0.15, -0.1) is 0 Å². The molecule has 3 N–H and O–H groups in total. The van der Waals surface area contributed by atoms with E-state index >= 15 is 0 Å². The van der Waals surface area contributed by atoms with Gasteiger partial charge in [0.2, 0.25) is 0 Å². The summed E-state index contributed by atoms with van der Waals surface area (Å²) in [5.41, 5.74) is 0. The Kier molecular flexibility index (Phi) is 5.15. The average molecular weight is 385 g/mol. The minimum absolute atomic E-state index is 0.0176.